The molecule has 0 bridgehead atoms. The average molecular weight is 530 g/mol. The molecule has 0 heterocycles. The second-order valence-electron chi connectivity index (χ2n) is 10.5. The highest BCUT2D eigenvalue weighted by Crippen LogP contribution is 2.11. The van der Waals surface area contributed by atoms with Gasteiger partial charge in [-0.3, -0.25) is 0 Å². The summed E-state index contributed by atoms with van der Waals surface area (Å²) in [6.45, 7) is 4.79. The molecule has 0 spiro atoms. The lowest BCUT2D eigenvalue weighted by molar-refractivity contribution is 0.116. The summed E-state index contributed by atoms with van der Waals surface area (Å²) in [7, 11) is 0. The fourth-order valence-corrected chi connectivity index (χ4v) is 4.51. The summed E-state index contributed by atoms with van der Waals surface area (Å²) in [4.78, 5) is 0. The molecule has 0 unspecified atom stereocenters. The van der Waals surface area contributed by atoms with Crippen molar-refractivity contribution in [3.8, 4) is 24.7 Å². The normalized spacial score (nSPS) is 10.8. The van der Waals surface area contributed by atoms with Gasteiger partial charge >= 0.3 is 0 Å². The first kappa shape index (κ1) is 32.7. The molecule has 0 atom stereocenters. The molecule has 0 aliphatic rings. The Kier molecular flexibility index (Phi) is 19.5. The first-order chi connectivity index (χ1) is 19.3. The first-order valence-corrected chi connectivity index (χ1v) is 15.2. The Morgan fingerprint density at radius 2 is 0.795 bits per heavy atom. The molecule has 212 valence electrons. The molecule has 0 radical (unpaired) electrons. The largest absolute Gasteiger partial charge is 0.377 e. The molecule has 0 saturated heterocycles. The highest BCUT2D eigenvalue weighted by atomic mass is 16.5. The van der Waals surface area contributed by atoms with Gasteiger partial charge in [0.2, 0.25) is 0 Å². The number of hydrogen-bond donors (Lipinski definition) is 1. The van der Waals surface area contributed by atoms with Crippen molar-refractivity contribution in [2.45, 2.75) is 116 Å². The number of ether oxygens (including phenoxy) is 2. The molecule has 39 heavy (non-hydrogen) atoms. The summed E-state index contributed by atoms with van der Waals surface area (Å²) in [5.41, 5.74) is 5.06. The maximum absolute atomic E-state index is 5.86. The van der Waals surface area contributed by atoms with Crippen LogP contribution >= 0.6 is 0 Å². The number of rotatable bonds is 24. The van der Waals surface area contributed by atoms with Crippen molar-refractivity contribution in [3.63, 3.8) is 0 Å². The van der Waals surface area contributed by atoms with Crippen LogP contribution in [0.1, 0.15) is 112 Å². The van der Waals surface area contributed by atoms with Gasteiger partial charge in [-0.05, 0) is 47.9 Å². The molecule has 2 aromatic carbocycles. The smallest absolute Gasteiger partial charge is 0.0716 e. The minimum Gasteiger partial charge on any atom is -0.377 e. The van der Waals surface area contributed by atoms with Crippen molar-refractivity contribution in [2.75, 3.05) is 13.2 Å². The zero-order valence-electron chi connectivity index (χ0n) is 24.2. The lowest BCUT2D eigenvalue weighted by Gasteiger charge is -2.09. The van der Waals surface area contributed by atoms with Gasteiger partial charge in [0.1, 0.15) is 0 Å². The predicted molar refractivity (Wildman–Crippen MR) is 165 cm³/mol. The van der Waals surface area contributed by atoms with Crippen LogP contribution in [0.5, 0.6) is 0 Å². The molecule has 2 rings (SSSR count). The molecule has 3 nitrogen and oxygen atoms in total. The minimum atomic E-state index is 0.694. The lowest BCUT2D eigenvalue weighted by Crippen LogP contribution is -2.12. The molecule has 0 saturated carbocycles. The van der Waals surface area contributed by atoms with Crippen molar-refractivity contribution in [2.24, 2.45) is 0 Å². The van der Waals surface area contributed by atoms with E-state index in [1.807, 2.05) is 0 Å². The van der Waals surface area contributed by atoms with Crippen molar-refractivity contribution in [1.82, 2.24) is 5.32 Å². The molecular formula is C36H51NO2. The zero-order chi connectivity index (χ0) is 27.6. The number of hydrogen-bond acceptors (Lipinski definition) is 3. The van der Waals surface area contributed by atoms with Gasteiger partial charge in [-0.15, -0.1) is 24.7 Å². The highest BCUT2D eigenvalue weighted by molar-refractivity contribution is 5.23. The maximum Gasteiger partial charge on any atom is 0.0716 e. The van der Waals surface area contributed by atoms with Gasteiger partial charge in [-0.25, -0.2) is 0 Å². The predicted octanol–water partition coefficient (Wildman–Crippen LogP) is 8.74. The summed E-state index contributed by atoms with van der Waals surface area (Å²) < 4.78 is 11.7. The Morgan fingerprint density at radius 1 is 0.462 bits per heavy atom. The molecule has 0 aliphatic heterocycles. The van der Waals surface area contributed by atoms with Crippen LogP contribution in [-0.2, 0) is 35.8 Å². The Morgan fingerprint density at radius 3 is 1.18 bits per heavy atom. The van der Waals surface area contributed by atoms with E-state index >= 15 is 0 Å². The van der Waals surface area contributed by atoms with Crippen LogP contribution in [0.3, 0.4) is 0 Å². The van der Waals surface area contributed by atoms with Gasteiger partial charge in [0, 0.05) is 39.1 Å². The van der Waals surface area contributed by atoms with Gasteiger partial charge in [0.25, 0.3) is 0 Å². The van der Waals surface area contributed by atoms with Crippen LogP contribution in [0, 0.1) is 24.7 Å². The zero-order valence-corrected chi connectivity index (χ0v) is 24.2. The van der Waals surface area contributed by atoms with Crippen LogP contribution in [0.2, 0.25) is 0 Å². The number of nitrogens with one attached hydrogen (secondary N) is 1. The van der Waals surface area contributed by atoms with Gasteiger partial charge in [-0.1, -0.05) is 99.9 Å². The molecule has 0 fully saturated rings. The third-order valence-electron chi connectivity index (χ3n) is 6.96. The maximum atomic E-state index is 5.86. The van der Waals surface area contributed by atoms with Gasteiger partial charge < -0.3 is 14.8 Å². The molecule has 1 N–H and O–H groups in total. The van der Waals surface area contributed by atoms with Crippen LogP contribution in [0.4, 0.5) is 0 Å². The van der Waals surface area contributed by atoms with Crippen LogP contribution in [-0.4, -0.2) is 13.2 Å². The fourth-order valence-electron chi connectivity index (χ4n) is 4.51. The summed E-state index contributed by atoms with van der Waals surface area (Å²) >= 11 is 0. The SMILES string of the molecule is C#CCCCCCCCCOCc1ccc(CNCc2ccc(COCCCCCCCCC#C)cc2)cc1. The summed E-state index contributed by atoms with van der Waals surface area (Å²) in [5, 5.41) is 3.55. The van der Waals surface area contributed by atoms with Crippen molar-refractivity contribution in [1.29, 1.82) is 0 Å². The van der Waals surface area contributed by atoms with E-state index < -0.39 is 0 Å². The second kappa shape index (κ2) is 23.3. The first-order valence-electron chi connectivity index (χ1n) is 15.2. The van der Waals surface area contributed by atoms with E-state index in [2.05, 4.69) is 65.7 Å². The van der Waals surface area contributed by atoms with E-state index in [1.165, 1.54) is 73.6 Å². The van der Waals surface area contributed by atoms with Gasteiger partial charge in [0.05, 0.1) is 13.2 Å². The lowest BCUT2D eigenvalue weighted by atomic mass is 10.1. The average Bonchev–Trinajstić information content (AvgIpc) is 2.96. The van der Waals surface area contributed by atoms with Gasteiger partial charge in [-0.2, -0.15) is 0 Å². The number of terminal acetylenes is 2. The Hall–Kier alpha value is -2.56. The van der Waals surface area contributed by atoms with Crippen LogP contribution < -0.4 is 5.32 Å². The van der Waals surface area contributed by atoms with Crippen molar-refractivity contribution < 1.29 is 9.47 Å². The summed E-state index contributed by atoms with van der Waals surface area (Å²) in [6.07, 6.45) is 27.1. The van der Waals surface area contributed by atoms with Crippen molar-refractivity contribution in [3.05, 3.63) is 70.8 Å². The highest BCUT2D eigenvalue weighted by Gasteiger charge is 2.00. The molecule has 0 amide bonds. The number of unbranched alkanes of at least 4 members (excludes halogenated alkanes) is 12. The van der Waals surface area contributed by atoms with E-state index in [9.17, 15) is 0 Å². The van der Waals surface area contributed by atoms with E-state index in [4.69, 9.17) is 22.3 Å². The van der Waals surface area contributed by atoms with Crippen LogP contribution in [0.25, 0.3) is 0 Å². The number of benzene rings is 2. The fraction of sp³-hybridized carbons (Fsp3) is 0.556. The van der Waals surface area contributed by atoms with E-state index in [0.717, 1.165) is 64.8 Å². The Balaban J connectivity index is 1.47. The topological polar surface area (TPSA) is 30.5 Å². The Bertz CT molecular complexity index is 843. The third kappa shape index (κ3) is 17.6. The van der Waals surface area contributed by atoms with E-state index in [0.29, 0.717) is 13.2 Å². The van der Waals surface area contributed by atoms with Gasteiger partial charge in [0.15, 0.2) is 0 Å². The summed E-state index contributed by atoms with van der Waals surface area (Å²) in [6, 6.07) is 17.5. The molecule has 3 heteroatoms. The molecule has 0 aromatic heterocycles. The van der Waals surface area contributed by atoms with Crippen LogP contribution in [0.15, 0.2) is 48.5 Å². The third-order valence-corrected chi connectivity index (χ3v) is 6.96. The molecular weight excluding hydrogens is 478 g/mol. The molecule has 2 aromatic rings. The Labute approximate surface area is 239 Å². The van der Waals surface area contributed by atoms with E-state index in [-0.39, 0.29) is 0 Å². The minimum absolute atomic E-state index is 0.694. The molecule has 0 aliphatic carbocycles. The van der Waals surface area contributed by atoms with E-state index in [1.54, 1.807) is 0 Å². The van der Waals surface area contributed by atoms with Crippen molar-refractivity contribution >= 4 is 0 Å². The monoisotopic (exact) mass is 529 g/mol. The second-order valence-corrected chi connectivity index (χ2v) is 10.5. The quantitative estimate of drug-likeness (QED) is 0.109. The standard InChI is InChI=1S/C36H51NO2/c1-3-5-7-9-11-13-15-17-27-38-31-35-23-19-33(20-24-35)29-37-30-34-21-25-36(26-22-34)32-39-28-18-16-14-12-10-8-6-4-2/h1-2,19-26,37H,5-18,27-32H2. The summed E-state index contributed by atoms with van der Waals surface area (Å²) in [5.74, 6) is 5.42.